The summed E-state index contributed by atoms with van der Waals surface area (Å²) in [5.74, 6) is -1.41. The first kappa shape index (κ1) is 21.1. The molecule has 1 N–H and O–H groups in total. The summed E-state index contributed by atoms with van der Waals surface area (Å²) in [6, 6.07) is 12.0. The molecule has 7 nitrogen and oxygen atoms in total. The first-order chi connectivity index (χ1) is 14.5. The average molecular weight is 409 g/mol. The highest BCUT2D eigenvalue weighted by atomic mass is 16.5. The Balaban J connectivity index is 1.48. The molecule has 7 heteroatoms. The Morgan fingerprint density at radius 2 is 1.80 bits per heavy atom. The van der Waals surface area contributed by atoms with Gasteiger partial charge in [0, 0.05) is 16.6 Å². The lowest BCUT2D eigenvalue weighted by atomic mass is 10.1. The highest BCUT2D eigenvalue weighted by Gasteiger charge is 2.14. The van der Waals surface area contributed by atoms with Crippen molar-refractivity contribution in [2.75, 3.05) is 18.5 Å². The maximum absolute atomic E-state index is 12.1. The Labute approximate surface area is 174 Å². The van der Waals surface area contributed by atoms with Crippen LogP contribution in [0.5, 0.6) is 0 Å². The number of furan rings is 1. The van der Waals surface area contributed by atoms with E-state index in [0.29, 0.717) is 29.0 Å². The number of benzene rings is 2. The SMILES string of the molecule is CCCOC(=O)c1ccc(NC(=O)COC(=O)Cc2coc3cc(C)ccc23)cc1. The molecule has 0 aliphatic carbocycles. The van der Waals surface area contributed by atoms with E-state index in [1.165, 1.54) is 6.26 Å². The monoisotopic (exact) mass is 409 g/mol. The number of nitrogens with one attached hydrogen (secondary N) is 1. The molecule has 3 rings (SSSR count). The van der Waals surface area contributed by atoms with Crippen LogP contribution in [0, 0.1) is 6.92 Å². The zero-order chi connectivity index (χ0) is 21.5. The number of hydrogen-bond donors (Lipinski definition) is 1. The maximum atomic E-state index is 12.1. The number of aryl methyl sites for hydroxylation is 1. The normalized spacial score (nSPS) is 10.6. The number of hydrogen-bond acceptors (Lipinski definition) is 6. The van der Waals surface area contributed by atoms with Crippen molar-refractivity contribution in [2.45, 2.75) is 26.7 Å². The third-order valence-corrected chi connectivity index (χ3v) is 4.35. The van der Waals surface area contributed by atoms with Crippen LogP contribution in [0.1, 0.15) is 34.8 Å². The Morgan fingerprint density at radius 1 is 1.03 bits per heavy atom. The summed E-state index contributed by atoms with van der Waals surface area (Å²) in [6.07, 6.45) is 2.28. The third kappa shape index (κ3) is 5.47. The molecular formula is C23H23NO6. The summed E-state index contributed by atoms with van der Waals surface area (Å²) in [5.41, 5.74) is 3.36. The quantitative estimate of drug-likeness (QED) is 0.565. The number of amides is 1. The van der Waals surface area contributed by atoms with Gasteiger partial charge in [0.2, 0.25) is 0 Å². The van der Waals surface area contributed by atoms with Crippen LogP contribution in [0.25, 0.3) is 11.0 Å². The van der Waals surface area contributed by atoms with E-state index >= 15 is 0 Å². The third-order valence-electron chi connectivity index (χ3n) is 4.35. The van der Waals surface area contributed by atoms with Gasteiger partial charge in [-0.2, -0.15) is 0 Å². The van der Waals surface area contributed by atoms with Gasteiger partial charge in [0.15, 0.2) is 6.61 Å². The summed E-state index contributed by atoms with van der Waals surface area (Å²) in [7, 11) is 0. The highest BCUT2D eigenvalue weighted by Crippen LogP contribution is 2.23. The first-order valence-corrected chi connectivity index (χ1v) is 9.65. The number of anilines is 1. The second-order valence-electron chi connectivity index (χ2n) is 6.86. The van der Waals surface area contributed by atoms with E-state index in [1.54, 1.807) is 24.3 Å². The number of ether oxygens (including phenoxy) is 2. The van der Waals surface area contributed by atoms with Crippen LogP contribution in [0.2, 0.25) is 0 Å². The zero-order valence-corrected chi connectivity index (χ0v) is 16.9. The molecule has 0 saturated carbocycles. The number of carbonyl (C=O) groups excluding carboxylic acids is 3. The smallest absolute Gasteiger partial charge is 0.338 e. The topological polar surface area (TPSA) is 94.8 Å². The standard InChI is InChI=1S/C23H23NO6/c1-3-10-28-23(27)16-5-7-18(8-6-16)24-21(25)14-30-22(26)12-17-13-29-20-11-15(2)4-9-19(17)20/h4-9,11,13H,3,10,12,14H2,1-2H3,(H,24,25). The van der Waals surface area contributed by atoms with Crippen LogP contribution in [-0.4, -0.2) is 31.1 Å². The first-order valence-electron chi connectivity index (χ1n) is 9.65. The molecule has 0 bridgehead atoms. The fourth-order valence-corrected chi connectivity index (χ4v) is 2.84. The maximum Gasteiger partial charge on any atom is 0.338 e. The zero-order valence-electron chi connectivity index (χ0n) is 16.9. The van der Waals surface area contributed by atoms with Crippen molar-refractivity contribution in [3.8, 4) is 0 Å². The van der Waals surface area contributed by atoms with Crippen LogP contribution < -0.4 is 5.32 Å². The average Bonchev–Trinajstić information content (AvgIpc) is 3.12. The van der Waals surface area contributed by atoms with Crippen LogP contribution in [0.3, 0.4) is 0 Å². The molecule has 0 fully saturated rings. The molecule has 156 valence electrons. The van der Waals surface area contributed by atoms with Gasteiger partial charge in [-0.1, -0.05) is 19.1 Å². The van der Waals surface area contributed by atoms with Crippen molar-refractivity contribution < 1.29 is 28.3 Å². The molecule has 0 aliphatic rings. The molecule has 0 saturated heterocycles. The largest absolute Gasteiger partial charge is 0.464 e. The Bertz CT molecular complexity index is 1050. The summed E-state index contributed by atoms with van der Waals surface area (Å²) >= 11 is 0. The summed E-state index contributed by atoms with van der Waals surface area (Å²) < 4.78 is 15.6. The number of esters is 2. The lowest BCUT2D eigenvalue weighted by Gasteiger charge is -2.07. The van der Waals surface area contributed by atoms with Gasteiger partial charge in [0.05, 0.1) is 24.9 Å². The Morgan fingerprint density at radius 3 is 2.53 bits per heavy atom. The minimum atomic E-state index is -0.526. The molecule has 2 aromatic carbocycles. The minimum absolute atomic E-state index is 0.0118. The predicted molar refractivity (Wildman–Crippen MR) is 111 cm³/mol. The van der Waals surface area contributed by atoms with E-state index in [1.807, 2.05) is 32.0 Å². The van der Waals surface area contributed by atoms with Crippen LogP contribution in [-0.2, 0) is 25.5 Å². The number of fused-ring (bicyclic) bond motifs is 1. The van der Waals surface area contributed by atoms with Crippen molar-refractivity contribution in [3.05, 3.63) is 65.4 Å². The molecule has 1 heterocycles. The molecule has 1 aromatic heterocycles. The number of rotatable bonds is 8. The molecule has 0 atom stereocenters. The molecule has 0 unspecified atom stereocenters. The summed E-state index contributed by atoms with van der Waals surface area (Å²) in [4.78, 5) is 35.9. The number of carbonyl (C=O) groups is 3. The van der Waals surface area contributed by atoms with Gasteiger partial charge in [0.25, 0.3) is 5.91 Å². The summed E-state index contributed by atoms with van der Waals surface area (Å²) in [6.45, 7) is 3.82. The lowest BCUT2D eigenvalue weighted by molar-refractivity contribution is -0.146. The van der Waals surface area contributed by atoms with Gasteiger partial charge in [-0.3, -0.25) is 9.59 Å². The summed E-state index contributed by atoms with van der Waals surface area (Å²) in [5, 5.41) is 3.46. The fraction of sp³-hybridized carbons (Fsp3) is 0.261. The lowest BCUT2D eigenvalue weighted by Crippen LogP contribution is -2.21. The van der Waals surface area contributed by atoms with Crippen molar-refractivity contribution in [1.82, 2.24) is 0 Å². The Kier molecular flexibility index (Phi) is 6.85. The molecule has 30 heavy (non-hydrogen) atoms. The molecule has 0 aliphatic heterocycles. The molecule has 3 aromatic rings. The molecule has 0 radical (unpaired) electrons. The highest BCUT2D eigenvalue weighted by molar-refractivity contribution is 5.94. The Hall–Kier alpha value is -3.61. The minimum Gasteiger partial charge on any atom is -0.464 e. The molecule has 0 spiro atoms. The van der Waals surface area contributed by atoms with Crippen LogP contribution in [0.4, 0.5) is 5.69 Å². The van der Waals surface area contributed by atoms with E-state index in [4.69, 9.17) is 13.9 Å². The van der Waals surface area contributed by atoms with Gasteiger partial charge in [-0.05, 0) is 49.2 Å². The van der Waals surface area contributed by atoms with E-state index in [-0.39, 0.29) is 6.42 Å². The van der Waals surface area contributed by atoms with Gasteiger partial charge in [-0.15, -0.1) is 0 Å². The van der Waals surface area contributed by atoms with Crippen LogP contribution >= 0.6 is 0 Å². The van der Waals surface area contributed by atoms with E-state index in [0.717, 1.165) is 17.4 Å². The van der Waals surface area contributed by atoms with Crippen molar-refractivity contribution in [3.63, 3.8) is 0 Å². The second kappa shape index (κ2) is 9.73. The van der Waals surface area contributed by atoms with E-state index in [2.05, 4.69) is 5.32 Å². The fourth-order valence-electron chi connectivity index (χ4n) is 2.84. The molecular weight excluding hydrogens is 386 g/mol. The van der Waals surface area contributed by atoms with Crippen molar-refractivity contribution >= 4 is 34.5 Å². The van der Waals surface area contributed by atoms with Gasteiger partial charge in [-0.25, -0.2) is 4.79 Å². The van der Waals surface area contributed by atoms with Crippen LogP contribution in [0.15, 0.2) is 53.1 Å². The van der Waals surface area contributed by atoms with Gasteiger partial charge >= 0.3 is 11.9 Å². The van der Waals surface area contributed by atoms with Gasteiger partial charge < -0.3 is 19.2 Å². The van der Waals surface area contributed by atoms with E-state index in [9.17, 15) is 14.4 Å². The van der Waals surface area contributed by atoms with Crippen molar-refractivity contribution in [1.29, 1.82) is 0 Å². The van der Waals surface area contributed by atoms with Crippen molar-refractivity contribution in [2.24, 2.45) is 0 Å². The second-order valence-corrected chi connectivity index (χ2v) is 6.86. The van der Waals surface area contributed by atoms with E-state index < -0.39 is 24.5 Å². The predicted octanol–water partition coefficient (Wildman–Crippen LogP) is 4.03. The molecule has 1 amide bonds. The van der Waals surface area contributed by atoms with Gasteiger partial charge in [0.1, 0.15) is 5.58 Å².